The molecule has 0 saturated carbocycles. The number of hydrogen-bond donors (Lipinski definition) is 1. The van der Waals surface area contributed by atoms with Gasteiger partial charge in [0.1, 0.15) is 5.76 Å². The molecule has 1 aromatic carbocycles. The summed E-state index contributed by atoms with van der Waals surface area (Å²) in [5.74, 6) is 0.404. The van der Waals surface area contributed by atoms with E-state index in [-0.39, 0.29) is 11.6 Å². The van der Waals surface area contributed by atoms with Crippen LogP contribution in [0.25, 0.3) is 6.08 Å². The molecule has 1 heterocycles. The average Bonchev–Trinajstić information content (AvgIpc) is 2.96. The minimum Gasteiger partial charge on any atom is -0.467 e. The van der Waals surface area contributed by atoms with Crippen molar-refractivity contribution in [2.75, 3.05) is 0 Å². The molecule has 2 aromatic rings. The van der Waals surface area contributed by atoms with Gasteiger partial charge >= 0.3 is 0 Å². The molecule has 102 valence electrons. The fraction of sp³-hybridized carbons (Fsp3) is 0.0714. The summed E-state index contributed by atoms with van der Waals surface area (Å²) in [5, 5.41) is 13.1. The molecule has 0 atom stereocenters. The minimum atomic E-state index is -0.469. The van der Waals surface area contributed by atoms with E-state index in [4.69, 9.17) is 4.42 Å². The second-order valence-corrected chi connectivity index (χ2v) is 3.98. The molecular formula is C14H12N2O4. The van der Waals surface area contributed by atoms with E-state index in [1.165, 1.54) is 24.5 Å². The van der Waals surface area contributed by atoms with Crippen LogP contribution in [0.5, 0.6) is 0 Å². The highest BCUT2D eigenvalue weighted by Crippen LogP contribution is 2.12. The van der Waals surface area contributed by atoms with Crippen molar-refractivity contribution in [2.24, 2.45) is 0 Å². The van der Waals surface area contributed by atoms with Crippen LogP contribution in [0.15, 0.2) is 53.2 Å². The molecule has 20 heavy (non-hydrogen) atoms. The fourth-order valence-electron chi connectivity index (χ4n) is 1.53. The first kappa shape index (κ1) is 13.5. The van der Waals surface area contributed by atoms with Gasteiger partial charge in [0.05, 0.1) is 17.7 Å². The van der Waals surface area contributed by atoms with E-state index in [0.29, 0.717) is 17.9 Å². The van der Waals surface area contributed by atoms with Crippen molar-refractivity contribution in [1.29, 1.82) is 0 Å². The summed E-state index contributed by atoms with van der Waals surface area (Å²) in [6, 6.07) is 9.44. The Balaban J connectivity index is 1.88. The average molecular weight is 272 g/mol. The summed E-state index contributed by atoms with van der Waals surface area (Å²) < 4.78 is 5.08. The Morgan fingerprint density at radius 2 is 2.05 bits per heavy atom. The maximum atomic E-state index is 11.5. The van der Waals surface area contributed by atoms with Crippen LogP contribution in [0.3, 0.4) is 0 Å². The Labute approximate surface area is 114 Å². The van der Waals surface area contributed by atoms with Crippen molar-refractivity contribution < 1.29 is 14.1 Å². The van der Waals surface area contributed by atoms with E-state index >= 15 is 0 Å². The normalized spacial score (nSPS) is 10.6. The van der Waals surface area contributed by atoms with Crippen molar-refractivity contribution in [3.8, 4) is 0 Å². The summed E-state index contributed by atoms with van der Waals surface area (Å²) in [7, 11) is 0. The van der Waals surface area contributed by atoms with Crippen molar-refractivity contribution in [2.45, 2.75) is 6.54 Å². The maximum Gasteiger partial charge on any atom is 0.269 e. The van der Waals surface area contributed by atoms with Crippen molar-refractivity contribution in [1.82, 2.24) is 5.32 Å². The molecule has 0 aliphatic rings. The van der Waals surface area contributed by atoms with E-state index in [1.807, 2.05) is 0 Å². The zero-order chi connectivity index (χ0) is 14.4. The van der Waals surface area contributed by atoms with E-state index in [0.717, 1.165) is 0 Å². The lowest BCUT2D eigenvalue weighted by Crippen LogP contribution is -2.19. The van der Waals surface area contributed by atoms with Gasteiger partial charge in [-0.05, 0) is 35.9 Å². The third kappa shape index (κ3) is 3.81. The van der Waals surface area contributed by atoms with Gasteiger partial charge in [0, 0.05) is 18.2 Å². The molecule has 0 aliphatic carbocycles. The molecule has 0 bridgehead atoms. The Hall–Kier alpha value is -2.89. The molecular weight excluding hydrogens is 260 g/mol. The Kier molecular flexibility index (Phi) is 4.28. The summed E-state index contributed by atoms with van der Waals surface area (Å²) >= 11 is 0. The fourth-order valence-corrected chi connectivity index (χ4v) is 1.53. The second-order valence-electron chi connectivity index (χ2n) is 3.98. The number of benzene rings is 1. The molecule has 0 aliphatic heterocycles. The van der Waals surface area contributed by atoms with E-state index in [2.05, 4.69) is 5.32 Å². The van der Waals surface area contributed by atoms with Crippen molar-refractivity contribution in [3.05, 3.63) is 70.2 Å². The van der Waals surface area contributed by atoms with Gasteiger partial charge in [-0.15, -0.1) is 0 Å². The first-order valence-electron chi connectivity index (χ1n) is 5.88. The zero-order valence-electron chi connectivity index (χ0n) is 10.5. The third-order valence-corrected chi connectivity index (χ3v) is 2.55. The van der Waals surface area contributed by atoms with Crippen LogP contribution in [-0.4, -0.2) is 10.8 Å². The largest absolute Gasteiger partial charge is 0.467 e. The number of rotatable bonds is 5. The molecule has 0 radical (unpaired) electrons. The van der Waals surface area contributed by atoms with Crippen LogP contribution in [0.2, 0.25) is 0 Å². The SMILES string of the molecule is O=C(/C=C\c1ccc([N+](=O)[O-])cc1)NCc1ccco1. The maximum absolute atomic E-state index is 11.5. The molecule has 1 N–H and O–H groups in total. The van der Waals surface area contributed by atoms with Crippen LogP contribution >= 0.6 is 0 Å². The Morgan fingerprint density at radius 3 is 2.65 bits per heavy atom. The summed E-state index contributed by atoms with van der Waals surface area (Å²) in [6.45, 7) is 0.316. The summed E-state index contributed by atoms with van der Waals surface area (Å²) in [5.41, 5.74) is 0.730. The van der Waals surface area contributed by atoms with Crippen LogP contribution in [-0.2, 0) is 11.3 Å². The van der Waals surface area contributed by atoms with E-state index in [1.54, 1.807) is 30.3 Å². The number of hydrogen-bond acceptors (Lipinski definition) is 4. The van der Waals surface area contributed by atoms with Gasteiger partial charge in [-0.25, -0.2) is 0 Å². The number of nitrogens with one attached hydrogen (secondary N) is 1. The monoisotopic (exact) mass is 272 g/mol. The van der Waals surface area contributed by atoms with E-state index < -0.39 is 4.92 Å². The Morgan fingerprint density at radius 1 is 1.30 bits per heavy atom. The first-order valence-corrected chi connectivity index (χ1v) is 5.88. The zero-order valence-corrected chi connectivity index (χ0v) is 10.5. The molecule has 1 amide bonds. The van der Waals surface area contributed by atoms with Gasteiger partial charge in [-0.3, -0.25) is 14.9 Å². The second kappa shape index (κ2) is 6.33. The van der Waals surface area contributed by atoms with Crippen LogP contribution in [0.1, 0.15) is 11.3 Å². The molecule has 6 heteroatoms. The van der Waals surface area contributed by atoms with Gasteiger partial charge in [0.25, 0.3) is 5.69 Å². The van der Waals surface area contributed by atoms with Crippen LogP contribution in [0, 0.1) is 10.1 Å². The smallest absolute Gasteiger partial charge is 0.269 e. The highest BCUT2D eigenvalue weighted by Gasteiger charge is 2.03. The van der Waals surface area contributed by atoms with Crippen molar-refractivity contribution >= 4 is 17.7 Å². The summed E-state index contributed by atoms with van der Waals surface area (Å²) in [4.78, 5) is 21.6. The van der Waals surface area contributed by atoms with Crippen LogP contribution in [0.4, 0.5) is 5.69 Å². The standard InChI is InChI=1S/C14H12N2O4/c17-14(15-10-13-2-1-9-20-13)8-5-11-3-6-12(7-4-11)16(18)19/h1-9H,10H2,(H,15,17)/b8-5-. The van der Waals surface area contributed by atoms with Crippen LogP contribution < -0.4 is 5.32 Å². The molecule has 6 nitrogen and oxygen atoms in total. The number of nitro groups is 1. The van der Waals surface area contributed by atoms with Gasteiger partial charge in [0.15, 0.2) is 0 Å². The number of furan rings is 1. The molecule has 0 saturated heterocycles. The molecule has 2 rings (SSSR count). The number of carbonyl (C=O) groups excluding carboxylic acids is 1. The lowest BCUT2D eigenvalue weighted by molar-refractivity contribution is -0.384. The topological polar surface area (TPSA) is 85.4 Å². The predicted molar refractivity (Wildman–Crippen MR) is 72.7 cm³/mol. The lowest BCUT2D eigenvalue weighted by atomic mass is 10.2. The van der Waals surface area contributed by atoms with Gasteiger partial charge < -0.3 is 9.73 Å². The summed E-state index contributed by atoms with van der Waals surface area (Å²) in [6.07, 6.45) is 4.49. The Bertz CT molecular complexity index is 615. The van der Waals surface area contributed by atoms with Gasteiger partial charge in [-0.1, -0.05) is 0 Å². The van der Waals surface area contributed by atoms with E-state index in [9.17, 15) is 14.9 Å². The quantitative estimate of drug-likeness (QED) is 0.515. The molecule has 0 unspecified atom stereocenters. The van der Waals surface area contributed by atoms with Gasteiger partial charge in [-0.2, -0.15) is 0 Å². The minimum absolute atomic E-state index is 0.0180. The number of amides is 1. The number of carbonyl (C=O) groups is 1. The number of non-ortho nitro benzene ring substituents is 1. The van der Waals surface area contributed by atoms with Gasteiger partial charge in [0.2, 0.25) is 5.91 Å². The highest BCUT2D eigenvalue weighted by molar-refractivity contribution is 5.91. The third-order valence-electron chi connectivity index (χ3n) is 2.55. The highest BCUT2D eigenvalue weighted by atomic mass is 16.6. The lowest BCUT2D eigenvalue weighted by Gasteiger charge is -1.98. The number of nitrogens with zero attached hydrogens (tertiary/aromatic N) is 1. The molecule has 1 aromatic heterocycles. The number of nitro benzene ring substituents is 1. The van der Waals surface area contributed by atoms with Crippen molar-refractivity contribution in [3.63, 3.8) is 0 Å². The first-order chi connectivity index (χ1) is 9.65. The predicted octanol–water partition coefficient (Wildman–Crippen LogP) is 2.52. The molecule has 0 fully saturated rings. The molecule has 0 spiro atoms.